The van der Waals surface area contributed by atoms with E-state index in [4.69, 9.17) is 0 Å². The van der Waals surface area contributed by atoms with Crippen LogP contribution in [0.15, 0.2) is 29.3 Å². The summed E-state index contributed by atoms with van der Waals surface area (Å²) in [6, 6.07) is 3.74. The van der Waals surface area contributed by atoms with E-state index in [-0.39, 0.29) is 11.5 Å². The number of nitrogens with one attached hydrogen (secondary N) is 2. The van der Waals surface area contributed by atoms with Gasteiger partial charge in [0.25, 0.3) is 5.56 Å². The number of nitrogens with zero attached hydrogens (tertiary/aromatic N) is 1. The summed E-state index contributed by atoms with van der Waals surface area (Å²) < 4.78 is 1.84. The lowest BCUT2D eigenvalue weighted by Crippen LogP contribution is -2.25. The topological polar surface area (TPSA) is 66.9 Å². The van der Waals surface area contributed by atoms with E-state index >= 15 is 0 Å². The SMILES string of the molecule is CC(=O)NCCn1ccc2cc[nH]c(=O)c21. The summed E-state index contributed by atoms with van der Waals surface area (Å²) in [5, 5.41) is 3.60. The molecule has 2 rings (SSSR count). The lowest BCUT2D eigenvalue weighted by molar-refractivity contribution is -0.118. The second-order valence-electron chi connectivity index (χ2n) is 3.60. The number of carbonyl (C=O) groups excluding carboxylic acids is 1. The number of pyridine rings is 1. The number of aromatic nitrogens is 2. The highest BCUT2D eigenvalue weighted by atomic mass is 16.1. The molecule has 2 aromatic heterocycles. The van der Waals surface area contributed by atoms with Gasteiger partial charge in [-0.1, -0.05) is 0 Å². The Morgan fingerprint density at radius 2 is 2.31 bits per heavy atom. The number of carbonyl (C=O) groups is 1. The van der Waals surface area contributed by atoms with E-state index in [1.165, 1.54) is 6.92 Å². The Labute approximate surface area is 92.1 Å². The smallest absolute Gasteiger partial charge is 0.272 e. The van der Waals surface area contributed by atoms with E-state index in [2.05, 4.69) is 10.3 Å². The van der Waals surface area contributed by atoms with Crippen molar-refractivity contribution in [3.05, 3.63) is 34.9 Å². The van der Waals surface area contributed by atoms with Crippen LogP contribution in [0.5, 0.6) is 0 Å². The molecule has 0 unspecified atom stereocenters. The van der Waals surface area contributed by atoms with E-state index in [0.717, 1.165) is 5.39 Å². The number of H-pyrrole nitrogens is 1. The zero-order valence-corrected chi connectivity index (χ0v) is 8.99. The molecule has 0 aliphatic heterocycles. The lowest BCUT2D eigenvalue weighted by Gasteiger charge is -2.04. The van der Waals surface area contributed by atoms with Crippen molar-refractivity contribution in [1.29, 1.82) is 0 Å². The van der Waals surface area contributed by atoms with Crippen LogP contribution >= 0.6 is 0 Å². The van der Waals surface area contributed by atoms with Crippen LogP contribution in [0.25, 0.3) is 10.9 Å². The minimum Gasteiger partial charge on any atom is -0.355 e. The van der Waals surface area contributed by atoms with Gasteiger partial charge in [0, 0.05) is 37.8 Å². The molecule has 0 aliphatic carbocycles. The lowest BCUT2D eigenvalue weighted by atomic mass is 10.3. The zero-order chi connectivity index (χ0) is 11.5. The molecule has 0 atom stereocenters. The predicted octanol–water partition coefficient (Wildman–Crippen LogP) is 0.466. The molecule has 5 heteroatoms. The van der Waals surface area contributed by atoms with Gasteiger partial charge in [-0.2, -0.15) is 0 Å². The molecular formula is C11H13N3O2. The molecule has 0 spiro atoms. The molecule has 84 valence electrons. The number of aromatic amines is 1. The molecule has 0 radical (unpaired) electrons. The van der Waals surface area contributed by atoms with E-state index in [1.54, 1.807) is 6.20 Å². The molecule has 2 aromatic rings. The summed E-state index contributed by atoms with van der Waals surface area (Å²) in [6.07, 6.45) is 3.48. The third-order valence-corrected chi connectivity index (χ3v) is 2.41. The largest absolute Gasteiger partial charge is 0.355 e. The molecule has 0 fully saturated rings. The van der Waals surface area contributed by atoms with Gasteiger partial charge in [0.05, 0.1) is 0 Å². The van der Waals surface area contributed by atoms with Gasteiger partial charge in [-0.15, -0.1) is 0 Å². The summed E-state index contributed by atoms with van der Waals surface area (Å²) in [7, 11) is 0. The molecule has 0 aromatic carbocycles. The summed E-state index contributed by atoms with van der Waals surface area (Å²) in [5.41, 5.74) is 0.540. The average Bonchev–Trinajstić information content (AvgIpc) is 2.62. The summed E-state index contributed by atoms with van der Waals surface area (Å²) in [6.45, 7) is 2.59. The van der Waals surface area contributed by atoms with E-state index in [9.17, 15) is 9.59 Å². The maximum absolute atomic E-state index is 11.6. The standard InChI is InChI=1S/C11H13N3O2/c1-8(15)12-5-7-14-6-3-9-2-4-13-11(16)10(9)14/h2-4,6H,5,7H2,1H3,(H,12,15)(H,13,16). The van der Waals surface area contributed by atoms with Crippen molar-refractivity contribution in [2.45, 2.75) is 13.5 Å². The van der Waals surface area contributed by atoms with Crippen LogP contribution in [-0.4, -0.2) is 22.0 Å². The van der Waals surface area contributed by atoms with Crippen molar-refractivity contribution in [1.82, 2.24) is 14.9 Å². The van der Waals surface area contributed by atoms with Gasteiger partial charge >= 0.3 is 0 Å². The highest BCUT2D eigenvalue weighted by Crippen LogP contribution is 2.09. The Morgan fingerprint density at radius 1 is 1.50 bits per heavy atom. The summed E-state index contributed by atoms with van der Waals surface area (Å²) in [4.78, 5) is 24.9. The molecule has 16 heavy (non-hydrogen) atoms. The molecule has 0 saturated carbocycles. The van der Waals surface area contributed by atoms with E-state index in [1.807, 2.05) is 22.9 Å². The molecule has 2 N–H and O–H groups in total. The van der Waals surface area contributed by atoms with Gasteiger partial charge < -0.3 is 14.9 Å². The van der Waals surface area contributed by atoms with Gasteiger partial charge in [0.15, 0.2) is 0 Å². The summed E-state index contributed by atoms with van der Waals surface area (Å²) >= 11 is 0. The number of fused-ring (bicyclic) bond motifs is 1. The number of rotatable bonds is 3. The number of amides is 1. The Kier molecular flexibility index (Phi) is 2.76. The minimum atomic E-state index is -0.106. The van der Waals surface area contributed by atoms with E-state index < -0.39 is 0 Å². The fourth-order valence-corrected chi connectivity index (χ4v) is 1.70. The van der Waals surface area contributed by atoms with Gasteiger partial charge in [-0.05, 0) is 12.1 Å². The highest BCUT2D eigenvalue weighted by molar-refractivity contribution is 5.78. The van der Waals surface area contributed by atoms with Crippen LogP contribution in [0, 0.1) is 0 Å². The van der Waals surface area contributed by atoms with Crippen molar-refractivity contribution in [3.63, 3.8) is 0 Å². The molecule has 0 aliphatic rings. The third-order valence-electron chi connectivity index (χ3n) is 2.41. The van der Waals surface area contributed by atoms with Crippen LogP contribution in [-0.2, 0) is 11.3 Å². The molecule has 0 bridgehead atoms. The van der Waals surface area contributed by atoms with Gasteiger partial charge in [0.1, 0.15) is 5.52 Å². The van der Waals surface area contributed by atoms with Crippen LogP contribution < -0.4 is 10.9 Å². The maximum Gasteiger partial charge on any atom is 0.272 e. The molecule has 5 nitrogen and oxygen atoms in total. The predicted molar refractivity (Wildman–Crippen MR) is 61.2 cm³/mol. The molecule has 1 amide bonds. The second-order valence-corrected chi connectivity index (χ2v) is 3.60. The number of hydrogen-bond acceptors (Lipinski definition) is 2. The summed E-state index contributed by atoms with van der Waals surface area (Å²) in [5.74, 6) is -0.0645. The van der Waals surface area contributed by atoms with Crippen LogP contribution in [0.1, 0.15) is 6.92 Å². The Bertz CT molecular complexity index is 568. The molecule has 0 saturated heterocycles. The highest BCUT2D eigenvalue weighted by Gasteiger charge is 2.04. The Morgan fingerprint density at radius 3 is 3.06 bits per heavy atom. The zero-order valence-electron chi connectivity index (χ0n) is 8.99. The second kappa shape index (κ2) is 4.22. The van der Waals surface area contributed by atoms with Gasteiger partial charge in [-0.25, -0.2) is 0 Å². The van der Waals surface area contributed by atoms with Crippen LogP contribution in [0.4, 0.5) is 0 Å². The minimum absolute atomic E-state index is 0.0645. The van der Waals surface area contributed by atoms with Crippen molar-refractivity contribution in [3.8, 4) is 0 Å². The fourth-order valence-electron chi connectivity index (χ4n) is 1.70. The fraction of sp³-hybridized carbons (Fsp3) is 0.273. The first-order chi connectivity index (χ1) is 7.68. The van der Waals surface area contributed by atoms with Crippen molar-refractivity contribution in [2.24, 2.45) is 0 Å². The van der Waals surface area contributed by atoms with Crippen molar-refractivity contribution < 1.29 is 4.79 Å². The quantitative estimate of drug-likeness (QED) is 0.787. The molecule has 2 heterocycles. The normalized spacial score (nSPS) is 10.6. The molecular weight excluding hydrogens is 206 g/mol. The third kappa shape index (κ3) is 1.98. The Hall–Kier alpha value is -2.04. The van der Waals surface area contributed by atoms with Crippen LogP contribution in [0.3, 0.4) is 0 Å². The maximum atomic E-state index is 11.6. The Balaban J connectivity index is 2.25. The van der Waals surface area contributed by atoms with Gasteiger partial charge in [-0.3, -0.25) is 9.59 Å². The van der Waals surface area contributed by atoms with Crippen LogP contribution in [0.2, 0.25) is 0 Å². The first-order valence-corrected chi connectivity index (χ1v) is 5.09. The van der Waals surface area contributed by atoms with Gasteiger partial charge in [0.2, 0.25) is 5.91 Å². The number of hydrogen-bond donors (Lipinski definition) is 2. The van der Waals surface area contributed by atoms with Crippen molar-refractivity contribution >= 4 is 16.8 Å². The van der Waals surface area contributed by atoms with E-state index in [0.29, 0.717) is 18.6 Å². The average molecular weight is 219 g/mol. The monoisotopic (exact) mass is 219 g/mol. The first kappa shape index (κ1) is 10.5. The van der Waals surface area contributed by atoms with Crippen molar-refractivity contribution in [2.75, 3.05) is 6.54 Å². The first-order valence-electron chi connectivity index (χ1n) is 5.09.